The number of ether oxygens (including phenoxy) is 1. The zero-order chi connectivity index (χ0) is 31.9. The first-order valence-electron chi connectivity index (χ1n) is 13.7. The van der Waals surface area contributed by atoms with Crippen LogP contribution in [0.25, 0.3) is 0 Å². The fourth-order valence-electron chi connectivity index (χ4n) is 7.24. The molecule has 2 aromatic carbocycles. The number of halogens is 5. The van der Waals surface area contributed by atoms with E-state index in [9.17, 15) is 42.6 Å². The van der Waals surface area contributed by atoms with E-state index in [4.69, 9.17) is 23.2 Å². The number of phenolic OH excluding ortho intramolecular Hbond substituents is 2. The van der Waals surface area contributed by atoms with Crippen molar-refractivity contribution in [3.05, 3.63) is 65.2 Å². The SMILES string of the molecule is CN1C(=O)[C@]2(Cl)C[C@@H]3C(=CC[C@@H]4C(=O)N(CCc5ccc(O)cc5)C(=O)[C@@H]43)[C@H](c3cc(OC(F)(F)F)ccc3O)[C@]2(Cl)C1=O. The first-order chi connectivity index (χ1) is 20.6. The molecule has 2 aliphatic heterocycles. The van der Waals surface area contributed by atoms with Crippen LogP contribution >= 0.6 is 23.2 Å². The highest BCUT2D eigenvalue weighted by Crippen LogP contribution is 2.66. The van der Waals surface area contributed by atoms with E-state index in [1.54, 1.807) is 18.2 Å². The van der Waals surface area contributed by atoms with Crippen LogP contribution in [0.4, 0.5) is 13.2 Å². The number of hydrogen-bond acceptors (Lipinski definition) is 7. The summed E-state index contributed by atoms with van der Waals surface area (Å²) < 4.78 is 43.4. The predicted octanol–water partition coefficient (Wildman–Crippen LogP) is 4.23. The molecule has 2 heterocycles. The molecule has 0 unspecified atom stereocenters. The average Bonchev–Trinajstić information content (AvgIpc) is 3.27. The van der Waals surface area contributed by atoms with Gasteiger partial charge in [-0.15, -0.1) is 36.4 Å². The molecule has 232 valence electrons. The number of aromatic hydroxyl groups is 2. The lowest BCUT2D eigenvalue weighted by Gasteiger charge is -2.50. The van der Waals surface area contributed by atoms with E-state index >= 15 is 0 Å². The minimum Gasteiger partial charge on any atom is -0.508 e. The molecule has 2 aromatic rings. The molecule has 4 amide bonds. The van der Waals surface area contributed by atoms with E-state index in [-0.39, 0.29) is 30.7 Å². The monoisotopic (exact) mass is 652 g/mol. The summed E-state index contributed by atoms with van der Waals surface area (Å²) in [4.78, 5) is 52.0. The lowest BCUT2D eigenvalue weighted by atomic mass is 9.56. The van der Waals surface area contributed by atoms with Gasteiger partial charge in [-0.2, -0.15) is 0 Å². The van der Waals surface area contributed by atoms with Gasteiger partial charge in [-0.1, -0.05) is 23.8 Å². The third-order valence-corrected chi connectivity index (χ3v) is 10.6. The second-order valence-corrected chi connectivity index (χ2v) is 12.8. The van der Waals surface area contributed by atoms with Crippen LogP contribution in [0.3, 0.4) is 0 Å². The maximum absolute atomic E-state index is 13.9. The number of carbonyl (C=O) groups is 4. The fourth-order valence-corrected chi connectivity index (χ4v) is 8.25. The van der Waals surface area contributed by atoms with Gasteiger partial charge in [0.15, 0.2) is 9.75 Å². The Balaban J connectivity index is 1.43. The lowest BCUT2D eigenvalue weighted by molar-refractivity contribution is -0.274. The summed E-state index contributed by atoms with van der Waals surface area (Å²) in [5.74, 6) is -8.07. The highest BCUT2D eigenvalue weighted by Gasteiger charge is 2.76. The third kappa shape index (κ3) is 4.36. The highest BCUT2D eigenvalue weighted by molar-refractivity contribution is 6.53. The number of benzene rings is 2. The van der Waals surface area contributed by atoms with Gasteiger partial charge < -0.3 is 14.9 Å². The highest BCUT2D eigenvalue weighted by atomic mass is 35.5. The number of imide groups is 2. The number of hydrogen-bond donors (Lipinski definition) is 2. The molecule has 9 nitrogen and oxygen atoms in total. The number of carbonyl (C=O) groups excluding carboxylic acids is 4. The zero-order valence-electron chi connectivity index (χ0n) is 23.0. The largest absolute Gasteiger partial charge is 0.573 e. The van der Waals surface area contributed by atoms with Crippen molar-refractivity contribution in [2.45, 2.75) is 41.3 Å². The molecule has 44 heavy (non-hydrogen) atoms. The molecule has 4 aliphatic rings. The van der Waals surface area contributed by atoms with Crippen molar-refractivity contribution < 1.29 is 47.3 Å². The summed E-state index contributed by atoms with van der Waals surface area (Å²) in [6, 6.07) is 9.01. The van der Waals surface area contributed by atoms with Crippen LogP contribution in [0.1, 0.15) is 29.9 Å². The predicted molar refractivity (Wildman–Crippen MR) is 149 cm³/mol. The Morgan fingerprint density at radius 3 is 2.32 bits per heavy atom. The third-order valence-electron chi connectivity index (χ3n) is 9.21. The van der Waals surface area contributed by atoms with Gasteiger partial charge in [0, 0.05) is 25.1 Å². The van der Waals surface area contributed by atoms with Gasteiger partial charge in [-0.25, -0.2) is 0 Å². The molecule has 2 N–H and O–H groups in total. The first kappa shape index (κ1) is 30.3. The Kier molecular flexibility index (Phi) is 6.97. The van der Waals surface area contributed by atoms with Gasteiger partial charge in [0.25, 0.3) is 11.8 Å². The van der Waals surface area contributed by atoms with Gasteiger partial charge in [-0.3, -0.25) is 29.0 Å². The van der Waals surface area contributed by atoms with E-state index in [1.165, 1.54) is 19.2 Å². The Hall–Kier alpha value is -3.77. The van der Waals surface area contributed by atoms with Crippen LogP contribution in [0.5, 0.6) is 17.2 Å². The lowest BCUT2D eigenvalue weighted by Crippen LogP contribution is -2.60. The molecule has 0 spiro atoms. The van der Waals surface area contributed by atoms with Crippen molar-refractivity contribution in [2.24, 2.45) is 17.8 Å². The van der Waals surface area contributed by atoms with Crippen LogP contribution in [-0.2, 0) is 25.6 Å². The number of rotatable bonds is 5. The number of likely N-dealkylation sites (tertiary alicyclic amines) is 2. The van der Waals surface area contributed by atoms with Crippen molar-refractivity contribution in [1.29, 1.82) is 0 Å². The topological polar surface area (TPSA) is 124 Å². The fraction of sp³-hybridized carbons (Fsp3) is 0.400. The van der Waals surface area contributed by atoms with Crippen LogP contribution in [0, 0.1) is 17.8 Å². The van der Waals surface area contributed by atoms with Crippen molar-refractivity contribution in [3.63, 3.8) is 0 Å². The standard InChI is InChI=1S/C30H25Cl2F3N2O7/c1-36-26(42)28(31)13-20-17(23(29(28,32)27(36)43)19-12-16(6-9-21(19)39)44-30(33,34)35)7-8-18-22(20)25(41)37(24(18)40)11-10-14-2-4-15(38)5-3-14/h2-7,9,12,18,20,22-23,38-39H,8,10-11,13H2,1H3/t18-,20+,22-,23+,28+,29-/m0/s1. The summed E-state index contributed by atoms with van der Waals surface area (Å²) in [6.45, 7) is 0.0458. The number of nitrogens with zero attached hydrogens (tertiary/aromatic N) is 2. The van der Waals surface area contributed by atoms with Gasteiger partial charge in [0.2, 0.25) is 11.8 Å². The number of phenols is 2. The van der Waals surface area contributed by atoms with Crippen molar-refractivity contribution >= 4 is 46.8 Å². The number of fused-ring (bicyclic) bond motifs is 4. The van der Waals surface area contributed by atoms with Crippen LogP contribution in [0.2, 0.25) is 0 Å². The van der Waals surface area contributed by atoms with Crippen LogP contribution in [0.15, 0.2) is 54.1 Å². The normalized spacial score (nSPS) is 31.5. The van der Waals surface area contributed by atoms with Crippen molar-refractivity contribution in [3.8, 4) is 17.2 Å². The first-order valence-corrected chi connectivity index (χ1v) is 14.5. The van der Waals surface area contributed by atoms with E-state index in [1.807, 2.05) is 0 Å². The van der Waals surface area contributed by atoms with Crippen LogP contribution in [-0.4, -0.2) is 73.3 Å². The second-order valence-electron chi connectivity index (χ2n) is 11.5. The molecule has 0 radical (unpaired) electrons. The maximum Gasteiger partial charge on any atom is 0.573 e. The maximum atomic E-state index is 13.9. The zero-order valence-corrected chi connectivity index (χ0v) is 24.5. The Morgan fingerprint density at radius 2 is 1.66 bits per heavy atom. The molecule has 6 atom stereocenters. The molecule has 2 saturated heterocycles. The molecule has 0 aromatic heterocycles. The van der Waals surface area contributed by atoms with E-state index in [0.717, 1.165) is 33.6 Å². The Labute approximate surface area is 258 Å². The molecule has 0 bridgehead atoms. The molecule has 14 heteroatoms. The molecular weight excluding hydrogens is 628 g/mol. The summed E-state index contributed by atoms with van der Waals surface area (Å²) in [5.41, 5.74) is 0.838. The summed E-state index contributed by atoms with van der Waals surface area (Å²) in [6.07, 6.45) is -3.41. The molecule has 3 fully saturated rings. The summed E-state index contributed by atoms with van der Waals surface area (Å²) in [7, 11) is 1.17. The molecular formula is C30H25Cl2F3N2O7. The van der Waals surface area contributed by atoms with Gasteiger partial charge in [0.05, 0.1) is 11.8 Å². The minimum absolute atomic E-state index is 0.0458. The van der Waals surface area contributed by atoms with E-state index < -0.39 is 74.9 Å². The van der Waals surface area contributed by atoms with Crippen molar-refractivity contribution in [1.82, 2.24) is 9.80 Å². The molecule has 6 rings (SSSR count). The average molecular weight is 653 g/mol. The smallest absolute Gasteiger partial charge is 0.508 e. The summed E-state index contributed by atoms with van der Waals surface area (Å²) in [5, 5.41) is 20.5. The van der Waals surface area contributed by atoms with E-state index in [0.29, 0.717) is 12.0 Å². The second kappa shape index (κ2) is 10.1. The van der Waals surface area contributed by atoms with Crippen LogP contribution < -0.4 is 4.74 Å². The number of allylic oxidation sites excluding steroid dienone is 2. The summed E-state index contributed by atoms with van der Waals surface area (Å²) >= 11 is 14.0. The number of amides is 4. The molecule has 2 aliphatic carbocycles. The minimum atomic E-state index is -5.07. The van der Waals surface area contributed by atoms with E-state index in [2.05, 4.69) is 4.74 Å². The Morgan fingerprint density at radius 1 is 0.977 bits per heavy atom. The molecule has 1 saturated carbocycles. The quantitative estimate of drug-likeness (QED) is 0.281. The Bertz CT molecular complexity index is 1630. The van der Waals surface area contributed by atoms with Gasteiger partial charge in [0.1, 0.15) is 17.2 Å². The van der Waals surface area contributed by atoms with Gasteiger partial charge in [-0.05, 0) is 61.1 Å². The van der Waals surface area contributed by atoms with Crippen molar-refractivity contribution in [2.75, 3.05) is 13.6 Å². The van der Waals surface area contributed by atoms with Gasteiger partial charge >= 0.3 is 6.36 Å². The number of alkyl halides is 5.